The van der Waals surface area contributed by atoms with Gasteiger partial charge in [-0.3, -0.25) is 14.6 Å². The summed E-state index contributed by atoms with van der Waals surface area (Å²) in [5, 5.41) is 0. The number of aryl methyl sites for hydroxylation is 1. The first-order valence-corrected chi connectivity index (χ1v) is 10.2. The molecule has 2 aliphatic heterocycles. The average molecular weight is 367 g/mol. The van der Waals surface area contributed by atoms with Crippen LogP contribution >= 0.6 is 0 Å². The van der Waals surface area contributed by atoms with Crippen LogP contribution in [0.5, 0.6) is 0 Å². The minimum Gasteiger partial charge on any atom is -0.348 e. The highest BCUT2D eigenvalue weighted by Crippen LogP contribution is 2.28. The first-order chi connectivity index (χ1) is 11.7. The van der Waals surface area contributed by atoms with Crippen LogP contribution < -0.4 is 0 Å². The first-order valence-electron chi connectivity index (χ1n) is 8.41. The molecule has 9 heteroatoms. The number of hydrogen-bond donors (Lipinski definition) is 0. The number of fused-ring (bicyclic) bond motifs is 1. The van der Waals surface area contributed by atoms with Gasteiger partial charge in [0.05, 0.1) is 18.1 Å². The molecular weight excluding hydrogens is 342 g/mol. The molecule has 2 fully saturated rings. The van der Waals surface area contributed by atoms with Crippen LogP contribution in [-0.4, -0.2) is 96.3 Å². The van der Waals surface area contributed by atoms with Gasteiger partial charge >= 0.3 is 0 Å². The second-order valence-corrected chi connectivity index (χ2v) is 9.23. The molecule has 2 aliphatic rings. The molecule has 0 unspecified atom stereocenters. The molecule has 138 valence electrons. The Morgan fingerprint density at radius 3 is 2.32 bits per heavy atom. The topological polar surface area (TPSA) is 86.7 Å². The SMILES string of the molecule is Cc1ncc(CN2CCN(CC(=O)N(C)C)[C@@H]3CS(=O)(=O)C[C@@H]32)cn1. The molecular formula is C16H25N5O3S. The van der Waals surface area contributed by atoms with Crippen molar-refractivity contribution in [2.24, 2.45) is 0 Å². The van der Waals surface area contributed by atoms with E-state index < -0.39 is 9.84 Å². The van der Waals surface area contributed by atoms with E-state index in [1.165, 1.54) is 0 Å². The van der Waals surface area contributed by atoms with E-state index in [4.69, 9.17) is 0 Å². The van der Waals surface area contributed by atoms with Gasteiger partial charge in [0.25, 0.3) is 0 Å². The number of amides is 1. The maximum absolute atomic E-state index is 12.2. The lowest BCUT2D eigenvalue weighted by Gasteiger charge is -2.43. The summed E-state index contributed by atoms with van der Waals surface area (Å²) in [6.07, 6.45) is 3.59. The predicted molar refractivity (Wildman–Crippen MR) is 93.7 cm³/mol. The van der Waals surface area contributed by atoms with Crippen molar-refractivity contribution in [1.82, 2.24) is 24.7 Å². The van der Waals surface area contributed by atoms with Crippen molar-refractivity contribution in [1.29, 1.82) is 0 Å². The quantitative estimate of drug-likeness (QED) is 0.685. The summed E-state index contributed by atoms with van der Waals surface area (Å²) in [4.78, 5) is 26.3. The lowest BCUT2D eigenvalue weighted by molar-refractivity contribution is -0.131. The Hall–Kier alpha value is -1.58. The Balaban J connectivity index is 1.76. The number of sulfone groups is 1. The van der Waals surface area contributed by atoms with Gasteiger partial charge in [-0.15, -0.1) is 0 Å². The van der Waals surface area contributed by atoms with E-state index >= 15 is 0 Å². The molecule has 1 amide bonds. The highest BCUT2D eigenvalue weighted by molar-refractivity contribution is 7.91. The summed E-state index contributed by atoms with van der Waals surface area (Å²) in [5.41, 5.74) is 0.978. The molecule has 0 aliphatic carbocycles. The second-order valence-electron chi connectivity index (χ2n) is 7.08. The lowest BCUT2D eigenvalue weighted by atomic mass is 10.0. The molecule has 0 saturated carbocycles. The van der Waals surface area contributed by atoms with E-state index in [2.05, 4.69) is 14.9 Å². The molecule has 1 aromatic rings. The van der Waals surface area contributed by atoms with Crippen molar-refractivity contribution in [3.63, 3.8) is 0 Å². The molecule has 3 heterocycles. The van der Waals surface area contributed by atoms with Gasteiger partial charge in [0, 0.05) is 63.8 Å². The maximum atomic E-state index is 12.2. The zero-order valence-corrected chi connectivity index (χ0v) is 15.7. The van der Waals surface area contributed by atoms with Crippen molar-refractivity contribution in [2.75, 3.05) is 45.2 Å². The van der Waals surface area contributed by atoms with Crippen molar-refractivity contribution in [3.05, 3.63) is 23.8 Å². The highest BCUT2D eigenvalue weighted by atomic mass is 32.2. The largest absolute Gasteiger partial charge is 0.348 e. The molecule has 8 nitrogen and oxygen atoms in total. The van der Waals surface area contributed by atoms with Crippen LogP contribution in [-0.2, 0) is 21.2 Å². The van der Waals surface area contributed by atoms with Gasteiger partial charge in [0.1, 0.15) is 5.82 Å². The molecule has 0 radical (unpaired) electrons. The maximum Gasteiger partial charge on any atom is 0.236 e. The fourth-order valence-electron chi connectivity index (χ4n) is 3.54. The first kappa shape index (κ1) is 18.2. The van der Waals surface area contributed by atoms with Crippen molar-refractivity contribution in [3.8, 4) is 0 Å². The monoisotopic (exact) mass is 367 g/mol. The van der Waals surface area contributed by atoms with Crippen LogP contribution in [0, 0.1) is 6.92 Å². The molecule has 0 bridgehead atoms. The van der Waals surface area contributed by atoms with Gasteiger partial charge in [0.15, 0.2) is 9.84 Å². The highest BCUT2D eigenvalue weighted by Gasteiger charge is 2.46. The number of hydrogen-bond acceptors (Lipinski definition) is 7. The molecule has 2 saturated heterocycles. The summed E-state index contributed by atoms with van der Waals surface area (Å²) in [5.74, 6) is 0.997. The molecule has 3 rings (SSSR count). The third-order valence-corrected chi connectivity index (χ3v) is 6.66. The van der Waals surface area contributed by atoms with E-state index in [1.54, 1.807) is 31.4 Å². The van der Waals surface area contributed by atoms with E-state index in [9.17, 15) is 13.2 Å². The Labute approximate surface area is 148 Å². The number of carbonyl (C=O) groups excluding carboxylic acids is 1. The average Bonchev–Trinajstić information content (AvgIpc) is 2.87. The van der Waals surface area contributed by atoms with Crippen LogP contribution in [0.3, 0.4) is 0 Å². The number of aromatic nitrogens is 2. The van der Waals surface area contributed by atoms with Gasteiger partial charge in [-0.2, -0.15) is 0 Å². The molecule has 0 spiro atoms. The molecule has 1 aromatic heterocycles. The van der Waals surface area contributed by atoms with E-state index in [-0.39, 0.29) is 36.0 Å². The Kier molecular flexibility index (Phi) is 5.08. The van der Waals surface area contributed by atoms with Crippen LogP contribution in [0.1, 0.15) is 11.4 Å². The Bertz CT molecular complexity index is 735. The minimum atomic E-state index is -3.09. The van der Waals surface area contributed by atoms with E-state index in [1.807, 2.05) is 11.8 Å². The molecule has 0 aromatic carbocycles. The summed E-state index contributed by atoms with van der Waals surface area (Å²) in [6, 6.07) is -0.218. The van der Waals surface area contributed by atoms with Crippen molar-refractivity contribution >= 4 is 15.7 Å². The van der Waals surface area contributed by atoms with E-state index in [0.29, 0.717) is 13.1 Å². The zero-order valence-electron chi connectivity index (χ0n) is 14.9. The summed E-state index contributed by atoms with van der Waals surface area (Å²) < 4.78 is 24.5. The van der Waals surface area contributed by atoms with Crippen LogP contribution in [0.4, 0.5) is 0 Å². The molecule has 2 atom stereocenters. The predicted octanol–water partition coefficient (Wildman–Crippen LogP) is -0.844. The summed E-state index contributed by atoms with van der Waals surface area (Å²) in [6.45, 7) is 4.15. The fraction of sp³-hybridized carbons (Fsp3) is 0.688. The van der Waals surface area contributed by atoms with Crippen LogP contribution in [0.15, 0.2) is 12.4 Å². The Morgan fingerprint density at radius 2 is 1.72 bits per heavy atom. The van der Waals surface area contributed by atoms with E-state index in [0.717, 1.165) is 17.9 Å². The number of likely N-dealkylation sites (N-methyl/N-ethyl adjacent to an activating group) is 1. The minimum absolute atomic E-state index is 0.00318. The number of rotatable bonds is 4. The molecule has 0 N–H and O–H groups in total. The number of nitrogens with zero attached hydrogens (tertiary/aromatic N) is 5. The van der Waals surface area contributed by atoms with Gasteiger partial charge in [-0.25, -0.2) is 18.4 Å². The van der Waals surface area contributed by atoms with Gasteiger partial charge < -0.3 is 4.90 Å². The van der Waals surface area contributed by atoms with Gasteiger partial charge in [-0.1, -0.05) is 0 Å². The third-order valence-electron chi connectivity index (χ3n) is 4.96. The van der Waals surface area contributed by atoms with Gasteiger partial charge in [0.2, 0.25) is 5.91 Å². The van der Waals surface area contributed by atoms with Crippen LogP contribution in [0.2, 0.25) is 0 Å². The zero-order chi connectivity index (χ0) is 18.2. The van der Waals surface area contributed by atoms with Gasteiger partial charge in [-0.05, 0) is 6.92 Å². The second kappa shape index (κ2) is 6.97. The van der Waals surface area contributed by atoms with Crippen molar-refractivity contribution in [2.45, 2.75) is 25.6 Å². The van der Waals surface area contributed by atoms with Crippen LogP contribution in [0.25, 0.3) is 0 Å². The Morgan fingerprint density at radius 1 is 1.16 bits per heavy atom. The fourth-order valence-corrected chi connectivity index (χ4v) is 5.58. The van der Waals surface area contributed by atoms with Crippen molar-refractivity contribution < 1.29 is 13.2 Å². The third kappa shape index (κ3) is 4.16. The number of carbonyl (C=O) groups is 1. The standard InChI is InChI=1S/C16H25N5O3S/c1-12-17-6-13(7-18-12)8-20-4-5-21(9-16(22)19(2)3)15-11-25(23,24)10-14(15)20/h6-7,14-15H,4-5,8-11H2,1-3H3/t14-,15+/m0/s1. The summed E-state index contributed by atoms with van der Waals surface area (Å²) in [7, 11) is 0.353. The normalized spacial score (nSPS) is 26.4. The summed E-state index contributed by atoms with van der Waals surface area (Å²) >= 11 is 0. The smallest absolute Gasteiger partial charge is 0.236 e. The molecule has 25 heavy (non-hydrogen) atoms. The number of piperazine rings is 1. The lowest BCUT2D eigenvalue weighted by Crippen LogP contribution is -2.60.